The van der Waals surface area contributed by atoms with E-state index in [1.54, 1.807) is 7.05 Å². The number of nitrogens with zero attached hydrogens (tertiary/aromatic N) is 1. The van der Waals surface area contributed by atoms with Gasteiger partial charge in [0.25, 0.3) is 0 Å². The quantitative estimate of drug-likeness (QED) is 0.188. The maximum atomic E-state index is 4.16. The third-order valence-corrected chi connectivity index (χ3v) is 7.50. The molecule has 0 radical (unpaired) electrons. The van der Waals surface area contributed by atoms with Gasteiger partial charge in [-0.25, -0.2) is 0 Å². The molecule has 0 unspecified atom stereocenters. The molecule has 0 bridgehead atoms. The Morgan fingerprint density at radius 3 is 2.11 bits per heavy atom. The van der Waals surface area contributed by atoms with E-state index in [0.717, 1.165) is 0 Å². The summed E-state index contributed by atoms with van der Waals surface area (Å²) in [7, 11) is 1.81. The second-order valence-electron chi connectivity index (χ2n) is 9.65. The van der Waals surface area contributed by atoms with E-state index in [4.69, 9.17) is 0 Å². The van der Waals surface area contributed by atoms with Gasteiger partial charge in [-0.3, -0.25) is 4.99 Å². The van der Waals surface area contributed by atoms with Crippen LogP contribution in [0.1, 0.15) is 11.1 Å². The van der Waals surface area contributed by atoms with Crippen LogP contribution in [-0.4, -0.2) is 13.3 Å². The van der Waals surface area contributed by atoms with Crippen LogP contribution in [0.4, 0.5) is 0 Å². The van der Waals surface area contributed by atoms with Crippen molar-refractivity contribution in [1.82, 2.24) is 0 Å². The number of benzene rings is 6. The van der Waals surface area contributed by atoms with Crippen molar-refractivity contribution >= 4 is 50.7 Å². The van der Waals surface area contributed by atoms with Crippen LogP contribution >= 0.6 is 0 Å². The predicted octanol–water partition coefficient (Wildman–Crippen LogP) is 7.41. The van der Waals surface area contributed by atoms with Gasteiger partial charge < -0.3 is 0 Å². The van der Waals surface area contributed by atoms with Crippen molar-refractivity contribution in [3.05, 3.63) is 119 Å². The highest BCUT2D eigenvalue weighted by atomic mass is 14.6. The Morgan fingerprint density at radius 1 is 0.556 bits per heavy atom. The lowest BCUT2D eigenvalue weighted by atomic mass is 9.90. The third-order valence-electron chi connectivity index (χ3n) is 7.50. The molecule has 0 aromatic heterocycles. The predicted molar refractivity (Wildman–Crippen MR) is 156 cm³/mol. The Balaban J connectivity index is 1.65. The molecule has 0 aliphatic heterocycles. The van der Waals surface area contributed by atoms with Crippen LogP contribution in [0.25, 0.3) is 66.7 Å². The minimum absolute atomic E-state index is 1.17. The summed E-state index contributed by atoms with van der Waals surface area (Å²) in [6, 6.07) is 35.8. The van der Waals surface area contributed by atoms with Gasteiger partial charge in [0, 0.05) is 13.3 Å². The summed E-state index contributed by atoms with van der Waals surface area (Å²) in [5, 5.41) is 10.3. The van der Waals surface area contributed by atoms with Crippen LogP contribution < -0.4 is 10.4 Å². The molecule has 170 valence electrons. The molecule has 0 fully saturated rings. The summed E-state index contributed by atoms with van der Waals surface area (Å²) in [6.45, 7) is 2.18. The molecule has 7 rings (SSSR count). The van der Waals surface area contributed by atoms with Gasteiger partial charge in [-0.15, -0.1) is 0 Å². The van der Waals surface area contributed by atoms with Crippen LogP contribution in [0.15, 0.2) is 102 Å². The zero-order chi connectivity index (χ0) is 24.2. The highest BCUT2D eigenvalue weighted by Crippen LogP contribution is 2.50. The summed E-state index contributed by atoms with van der Waals surface area (Å²) in [6.07, 6.45) is 6.27. The second kappa shape index (κ2) is 8.03. The van der Waals surface area contributed by atoms with Crippen LogP contribution in [0.5, 0.6) is 0 Å². The number of hydrogen-bond acceptors (Lipinski definition) is 1. The first-order valence-electron chi connectivity index (χ1n) is 12.4. The molecule has 1 heteroatoms. The van der Waals surface area contributed by atoms with Gasteiger partial charge in [0.1, 0.15) is 0 Å². The normalized spacial score (nSPS) is 13.5. The van der Waals surface area contributed by atoms with Crippen molar-refractivity contribution in [1.29, 1.82) is 0 Å². The molecule has 0 saturated heterocycles. The smallest absolute Gasteiger partial charge is 0.0277 e. The van der Waals surface area contributed by atoms with Crippen molar-refractivity contribution in [2.75, 3.05) is 7.05 Å². The van der Waals surface area contributed by atoms with Crippen LogP contribution in [0.2, 0.25) is 0 Å². The monoisotopic (exact) mass is 459 g/mol. The molecule has 0 atom stereocenters. The van der Waals surface area contributed by atoms with Crippen LogP contribution in [0.3, 0.4) is 0 Å². The number of fused-ring (bicyclic) bond motifs is 7. The van der Waals surface area contributed by atoms with Crippen molar-refractivity contribution < 1.29 is 0 Å². The summed E-state index contributed by atoms with van der Waals surface area (Å²) >= 11 is 0. The summed E-state index contributed by atoms with van der Waals surface area (Å²) < 4.78 is 0. The first-order chi connectivity index (χ1) is 17.7. The van der Waals surface area contributed by atoms with E-state index >= 15 is 0 Å². The van der Waals surface area contributed by atoms with Gasteiger partial charge in [-0.1, -0.05) is 90.5 Å². The molecule has 36 heavy (non-hydrogen) atoms. The molecule has 6 aromatic carbocycles. The molecule has 1 nitrogen and oxygen atoms in total. The zero-order valence-electron chi connectivity index (χ0n) is 20.4. The fourth-order valence-corrected chi connectivity index (χ4v) is 5.88. The SMILES string of the molecule is CN=C/C=c1/cccc/c1=C\c1cc2c3cccc4c3c(cc2c2ccc(C)cc12)-c1ccccc1-4. The van der Waals surface area contributed by atoms with Gasteiger partial charge in [0.15, 0.2) is 0 Å². The lowest BCUT2D eigenvalue weighted by molar-refractivity contribution is 1.47. The van der Waals surface area contributed by atoms with Gasteiger partial charge >= 0.3 is 0 Å². The Bertz CT molecular complexity index is 2010. The van der Waals surface area contributed by atoms with E-state index in [2.05, 4.69) is 121 Å². The standard InChI is InChI=1S/C35H25N/c1-22-14-15-28-31(18-22)25(19-24-9-4-3-8-23(24)16-17-36-2)20-32-30-13-7-12-29-26-10-5-6-11-27(26)34(35(29)30)21-33(28)32/h3-21H,1-2H3/b23-16-,24-19+,36-17?. The highest BCUT2D eigenvalue weighted by Gasteiger charge is 2.23. The van der Waals surface area contributed by atoms with Crippen LogP contribution in [-0.2, 0) is 0 Å². The van der Waals surface area contributed by atoms with E-state index in [9.17, 15) is 0 Å². The average Bonchev–Trinajstić information content (AvgIpc) is 3.23. The van der Waals surface area contributed by atoms with Crippen molar-refractivity contribution in [2.45, 2.75) is 6.92 Å². The van der Waals surface area contributed by atoms with Gasteiger partial charge in [-0.2, -0.15) is 0 Å². The molecule has 0 heterocycles. The molecule has 6 aromatic rings. The van der Waals surface area contributed by atoms with Crippen LogP contribution in [0, 0.1) is 6.92 Å². The summed E-state index contributed by atoms with van der Waals surface area (Å²) in [4.78, 5) is 4.16. The number of aliphatic imine (C=N–C) groups is 1. The summed E-state index contributed by atoms with van der Waals surface area (Å²) in [5.41, 5.74) is 7.87. The maximum Gasteiger partial charge on any atom is 0.0277 e. The highest BCUT2D eigenvalue weighted by molar-refractivity contribution is 6.27. The molecular formula is C35H25N. The molecule has 1 aliphatic rings. The average molecular weight is 460 g/mol. The lowest BCUT2D eigenvalue weighted by Crippen LogP contribution is -2.23. The molecule has 0 amide bonds. The number of rotatable bonds is 2. The van der Waals surface area contributed by atoms with Crippen molar-refractivity contribution in [3.63, 3.8) is 0 Å². The molecule has 1 aliphatic carbocycles. The van der Waals surface area contributed by atoms with Gasteiger partial charge in [0.2, 0.25) is 0 Å². The lowest BCUT2D eigenvalue weighted by Gasteiger charge is -2.13. The zero-order valence-corrected chi connectivity index (χ0v) is 20.4. The Labute approximate surface area is 210 Å². The minimum atomic E-state index is 1.17. The Morgan fingerprint density at radius 2 is 1.28 bits per heavy atom. The van der Waals surface area contributed by atoms with E-state index in [1.807, 2.05) is 6.21 Å². The van der Waals surface area contributed by atoms with Gasteiger partial charge in [0.05, 0.1) is 0 Å². The molecule has 0 N–H and O–H groups in total. The largest absolute Gasteiger partial charge is 0.296 e. The molecular weight excluding hydrogens is 434 g/mol. The molecule has 0 saturated carbocycles. The van der Waals surface area contributed by atoms with Crippen molar-refractivity contribution in [2.24, 2.45) is 4.99 Å². The van der Waals surface area contributed by atoms with Gasteiger partial charge in [-0.05, 0) is 102 Å². The van der Waals surface area contributed by atoms with E-state index in [-0.39, 0.29) is 0 Å². The van der Waals surface area contributed by atoms with E-state index in [1.165, 1.54) is 76.1 Å². The Kier molecular flexibility index (Phi) is 4.65. The fraction of sp³-hybridized carbons (Fsp3) is 0.0571. The molecule has 0 spiro atoms. The van der Waals surface area contributed by atoms with Crippen molar-refractivity contribution in [3.8, 4) is 22.3 Å². The van der Waals surface area contributed by atoms with E-state index in [0.29, 0.717) is 0 Å². The number of hydrogen-bond donors (Lipinski definition) is 0. The van der Waals surface area contributed by atoms with E-state index < -0.39 is 0 Å². The number of aryl methyl sites for hydroxylation is 1. The first kappa shape index (κ1) is 20.8. The fourth-order valence-electron chi connectivity index (χ4n) is 5.88. The maximum absolute atomic E-state index is 4.16. The third kappa shape index (κ3) is 3.06. The topological polar surface area (TPSA) is 12.4 Å². The first-order valence-corrected chi connectivity index (χ1v) is 12.4. The minimum Gasteiger partial charge on any atom is -0.296 e. The summed E-state index contributed by atoms with van der Waals surface area (Å²) in [5.74, 6) is 0. The second-order valence-corrected chi connectivity index (χ2v) is 9.65. The Hall–Kier alpha value is -4.49.